The largest absolute Gasteiger partial charge is 0.370 e. The predicted molar refractivity (Wildman–Crippen MR) is 77.6 cm³/mol. The van der Waals surface area contributed by atoms with Gasteiger partial charge in [-0.3, -0.25) is 4.99 Å². The van der Waals surface area contributed by atoms with E-state index in [9.17, 15) is 0 Å². The summed E-state index contributed by atoms with van der Waals surface area (Å²) >= 11 is 0. The first-order valence-corrected chi connectivity index (χ1v) is 7.73. The first-order chi connectivity index (χ1) is 8.66. The van der Waals surface area contributed by atoms with Crippen LogP contribution in [-0.2, 0) is 0 Å². The summed E-state index contributed by atoms with van der Waals surface area (Å²) in [6.45, 7) is 5.30. The van der Waals surface area contributed by atoms with Gasteiger partial charge in [-0.25, -0.2) is 0 Å². The molecule has 0 aromatic heterocycles. The first-order valence-electron chi connectivity index (χ1n) is 7.73. The normalized spacial score (nSPS) is 29.6. The van der Waals surface area contributed by atoms with Crippen LogP contribution in [0.4, 0.5) is 0 Å². The average molecular weight is 251 g/mol. The van der Waals surface area contributed by atoms with E-state index in [4.69, 9.17) is 5.73 Å². The third-order valence-electron chi connectivity index (χ3n) is 4.42. The van der Waals surface area contributed by atoms with E-state index in [-0.39, 0.29) is 0 Å². The molecule has 2 rings (SSSR count). The Labute approximate surface area is 112 Å². The molecule has 0 bridgehead atoms. The third kappa shape index (κ3) is 4.18. The number of aliphatic imine (C=N–C) groups is 1. The molecule has 0 saturated heterocycles. The smallest absolute Gasteiger partial charge is 0.188 e. The fraction of sp³-hybridized carbons (Fsp3) is 0.933. The van der Waals surface area contributed by atoms with Crippen LogP contribution in [0.1, 0.15) is 58.8 Å². The van der Waals surface area contributed by atoms with Crippen LogP contribution < -0.4 is 11.1 Å². The van der Waals surface area contributed by atoms with Gasteiger partial charge in [0.15, 0.2) is 5.96 Å². The zero-order chi connectivity index (χ0) is 13.0. The average Bonchev–Trinajstić information content (AvgIpc) is 3.09. The molecule has 0 aromatic rings. The van der Waals surface area contributed by atoms with Crippen LogP contribution >= 0.6 is 0 Å². The second-order valence-corrected chi connectivity index (χ2v) is 6.50. The molecular formula is C15H29N3. The van der Waals surface area contributed by atoms with E-state index < -0.39 is 0 Å². The molecule has 3 N–H and O–H groups in total. The molecule has 2 fully saturated rings. The Hall–Kier alpha value is -0.730. The van der Waals surface area contributed by atoms with Gasteiger partial charge in [0.1, 0.15) is 0 Å². The van der Waals surface area contributed by atoms with Crippen molar-refractivity contribution < 1.29 is 0 Å². The van der Waals surface area contributed by atoms with Gasteiger partial charge in [0.05, 0.1) is 0 Å². The van der Waals surface area contributed by atoms with Crippen molar-refractivity contribution in [1.82, 2.24) is 5.32 Å². The highest BCUT2D eigenvalue weighted by Crippen LogP contribution is 2.44. The molecule has 2 atom stereocenters. The topological polar surface area (TPSA) is 50.4 Å². The van der Waals surface area contributed by atoms with Gasteiger partial charge in [-0.1, -0.05) is 46.0 Å². The van der Waals surface area contributed by atoms with Crippen LogP contribution in [0.15, 0.2) is 4.99 Å². The Balaban J connectivity index is 1.65. The number of rotatable bonds is 5. The van der Waals surface area contributed by atoms with Crippen molar-refractivity contribution in [1.29, 1.82) is 0 Å². The first kappa shape index (κ1) is 13.7. The molecule has 0 aromatic carbocycles. The summed E-state index contributed by atoms with van der Waals surface area (Å²) in [5.41, 5.74) is 5.93. The van der Waals surface area contributed by atoms with Gasteiger partial charge in [-0.2, -0.15) is 0 Å². The zero-order valence-corrected chi connectivity index (χ0v) is 12.0. The van der Waals surface area contributed by atoms with E-state index in [1.165, 1.54) is 38.5 Å². The van der Waals surface area contributed by atoms with Gasteiger partial charge < -0.3 is 11.1 Å². The SMILES string of the molecule is CC(C)CCN=C(N)NC1CC1C1CCCCC1. The minimum Gasteiger partial charge on any atom is -0.370 e. The maximum absolute atomic E-state index is 5.93. The molecule has 3 heteroatoms. The van der Waals surface area contributed by atoms with Gasteiger partial charge in [0.25, 0.3) is 0 Å². The number of nitrogens with zero attached hydrogens (tertiary/aromatic N) is 1. The summed E-state index contributed by atoms with van der Waals surface area (Å²) in [5.74, 6) is 3.21. The van der Waals surface area contributed by atoms with E-state index in [0.717, 1.165) is 24.8 Å². The number of hydrogen-bond acceptors (Lipinski definition) is 1. The van der Waals surface area contributed by atoms with Crippen molar-refractivity contribution in [2.24, 2.45) is 28.5 Å². The van der Waals surface area contributed by atoms with E-state index in [1.54, 1.807) is 0 Å². The number of hydrogen-bond donors (Lipinski definition) is 2. The summed E-state index contributed by atoms with van der Waals surface area (Å²) < 4.78 is 0. The van der Waals surface area contributed by atoms with Crippen molar-refractivity contribution in [3.05, 3.63) is 0 Å². The Morgan fingerprint density at radius 2 is 2.00 bits per heavy atom. The van der Waals surface area contributed by atoms with Gasteiger partial charge >= 0.3 is 0 Å². The molecule has 2 unspecified atom stereocenters. The van der Waals surface area contributed by atoms with Crippen molar-refractivity contribution >= 4 is 5.96 Å². The van der Waals surface area contributed by atoms with Crippen LogP contribution in [0.25, 0.3) is 0 Å². The van der Waals surface area contributed by atoms with Gasteiger partial charge in [0, 0.05) is 12.6 Å². The highest BCUT2D eigenvalue weighted by molar-refractivity contribution is 5.78. The van der Waals surface area contributed by atoms with Crippen molar-refractivity contribution in [3.8, 4) is 0 Å². The highest BCUT2D eigenvalue weighted by atomic mass is 15.1. The molecule has 2 saturated carbocycles. The van der Waals surface area contributed by atoms with E-state index >= 15 is 0 Å². The molecule has 0 amide bonds. The second kappa shape index (κ2) is 6.44. The van der Waals surface area contributed by atoms with Crippen LogP contribution in [0, 0.1) is 17.8 Å². The van der Waals surface area contributed by atoms with E-state index in [0.29, 0.717) is 17.9 Å². The molecule has 0 spiro atoms. The summed E-state index contributed by atoms with van der Waals surface area (Å²) in [7, 11) is 0. The second-order valence-electron chi connectivity index (χ2n) is 6.50. The number of nitrogens with one attached hydrogen (secondary N) is 1. The molecule has 0 aliphatic heterocycles. The van der Waals surface area contributed by atoms with E-state index in [2.05, 4.69) is 24.2 Å². The number of guanidine groups is 1. The quantitative estimate of drug-likeness (QED) is 0.583. The van der Waals surface area contributed by atoms with E-state index in [1.807, 2.05) is 0 Å². The molecule has 0 radical (unpaired) electrons. The van der Waals surface area contributed by atoms with Crippen LogP contribution in [-0.4, -0.2) is 18.5 Å². The lowest BCUT2D eigenvalue weighted by molar-refractivity contribution is 0.316. The Bertz CT molecular complexity index is 279. The molecule has 3 nitrogen and oxygen atoms in total. The molecule has 2 aliphatic carbocycles. The third-order valence-corrected chi connectivity index (χ3v) is 4.42. The summed E-state index contributed by atoms with van der Waals surface area (Å²) in [5, 5.41) is 3.40. The maximum Gasteiger partial charge on any atom is 0.188 e. The minimum atomic E-state index is 0.621. The van der Waals surface area contributed by atoms with Gasteiger partial charge in [-0.15, -0.1) is 0 Å². The van der Waals surface area contributed by atoms with Crippen LogP contribution in [0.3, 0.4) is 0 Å². The van der Waals surface area contributed by atoms with Gasteiger partial charge in [-0.05, 0) is 30.6 Å². The minimum absolute atomic E-state index is 0.621. The molecular weight excluding hydrogens is 222 g/mol. The molecule has 18 heavy (non-hydrogen) atoms. The van der Waals surface area contributed by atoms with Gasteiger partial charge in [0.2, 0.25) is 0 Å². The maximum atomic E-state index is 5.93. The Kier molecular flexibility index (Phi) is 4.90. The lowest BCUT2D eigenvalue weighted by Gasteiger charge is -2.21. The highest BCUT2D eigenvalue weighted by Gasteiger charge is 2.43. The van der Waals surface area contributed by atoms with Crippen molar-refractivity contribution in [2.45, 2.75) is 64.8 Å². The number of nitrogens with two attached hydrogens (primary N) is 1. The van der Waals surface area contributed by atoms with Crippen LogP contribution in [0.2, 0.25) is 0 Å². The Morgan fingerprint density at radius 1 is 1.28 bits per heavy atom. The summed E-state index contributed by atoms with van der Waals surface area (Å²) in [4.78, 5) is 4.41. The lowest BCUT2D eigenvalue weighted by atomic mass is 9.85. The monoisotopic (exact) mass is 251 g/mol. The summed E-state index contributed by atoms with van der Waals surface area (Å²) in [6, 6.07) is 0.621. The lowest BCUT2D eigenvalue weighted by Crippen LogP contribution is -2.35. The van der Waals surface area contributed by atoms with Crippen molar-refractivity contribution in [3.63, 3.8) is 0 Å². The molecule has 104 valence electrons. The van der Waals surface area contributed by atoms with Crippen LogP contribution in [0.5, 0.6) is 0 Å². The fourth-order valence-corrected chi connectivity index (χ4v) is 3.14. The Morgan fingerprint density at radius 3 is 2.67 bits per heavy atom. The standard InChI is InChI=1S/C15H29N3/c1-11(2)8-9-17-15(16)18-14-10-13(14)12-6-4-3-5-7-12/h11-14H,3-10H2,1-2H3,(H3,16,17,18). The fourth-order valence-electron chi connectivity index (χ4n) is 3.14. The zero-order valence-electron chi connectivity index (χ0n) is 12.0. The summed E-state index contributed by atoms with van der Waals surface area (Å²) in [6.07, 6.45) is 9.63. The predicted octanol–water partition coefficient (Wildman–Crippen LogP) is 2.91. The molecule has 0 heterocycles. The van der Waals surface area contributed by atoms with Crippen molar-refractivity contribution in [2.75, 3.05) is 6.54 Å². The molecule has 2 aliphatic rings.